The zero-order valence-corrected chi connectivity index (χ0v) is 16.3. The summed E-state index contributed by atoms with van der Waals surface area (Å²) < 4.78 is 5.79. The monoisotopic (exact) mass is 372 g/mol. The van der Waals surface area contributed by atoms with Gasteiger partial charge in [0.1, 0.15) is 11.6 Å². The highest BCUT2D eigenvalue weighted by molar-refractivity contribution is 6.47. The number of carbonyl (C=O) groups is 2. The van der Waals surface area contributed by atoms with E-state index >= 15 is 0 Å². The van der Waals surface area contributed by atoms with Gasteiger partial charge in [0.15, 0.2) is 0 Å². The zero-order valence-electron chi connectivity index (χ0n) is 16.3. The van der Waals surface area contributed by atoms with Crippen molar-refractivity contribution < 1.29 is 19.3 Å². The molecular weight excluding hydrogens is 345 g/mol. The predicted octanol–water partition coefficient (Wildman–Crippen LogP) is 1.59. The summed E-state index contributed by atoms with van der Waals surface area (Å²) in [4.78, 5) is 28.5. The Kier molecular flexibility index (Phi) is 5.32. The van der Waals surface area contributed by atoms with Crippen molar-refractivity contribution in [2.45, 2.75) is 64.6 Å². The first-order chi connectivity index (χ1) is 12.5. The molecular formula is C19H27BN3O4. The van der Waals surface area contributed by atoms with Crippen LogP contribution in [0.25, 0.3) is 0 Å². The van der Waals surface area contributed by atoms with Gasteiger partial charge in [0.25, 0.3) is 0 Å². The molecule has 145 valence electrons. The number of carbonyl (C=O) groups excluding carboxylic acids is 2. The van der Waals surface area contributed by atoms with Crippen LogP contribution in [0.15, 0.2) is 12.1 Å². The van der Waals surface area contributed by atoms with Gasteiger partial charge in [0, 0.05) is 11.8 Å². The molecule has 1 radical (unpaired) electrons. The van der Waals surface area contributed by atoms with Crippen molar-refractivity contribution in [3.8, 4) is 0 Å². The molecule has 0 spiro atoms. The number of aliphatic hydroxyl groups is 1. The van der Waals surface area contributed by atoms with Crippen LogP contribution in [0, 0.1) is 11.8 Å². The zero-order chi connectivity index (χ0) is 19.8. The number of nitrogens with one attached hydrogen (secondary N) is 2. The second-order valence-electron chi connectivity index (χ2n) is 8.50. The summed E-state index contributed by atoms with van der Waals surface area (Å²) in [5, 5.41) is 15.8. The Bertz CT molecular complexity index is 693. The molecule has 1 heterocycles. The number of hydrogen-bond acceptors (Lipinski definition) is 5. The predicted molar refractivity (Wildman–Crippen MR) is 104 cm³/mol. The molecule has 1 aromatic rings. The number of anilines is 2. The molecule has 0 unspecified atom stereocenters. The molecule has 3 rings (SSSR count). The molecule has 0 atom stereocenters. The minimum atomic E-state index is -1.05. The van der Waals surface area contributed by atoms with Crippen molar-refractivity contribution in [3.63, 3.8) is 0 Å². The van der Waals surface area contributed by atoms with Crippen LogP contribution in [0.4, 0.5) is 11.6 Å². The lowest BCUT2D eigenvalue weighted by molar-refractivity contribution is -0.118. The molecule has 0 saturated heterocycles. The fourth-order valence-electron chi connectivity index (χ4n) is 2.26. The summed E-state index contributed by atoms with van der Waals surface area (Å²) in [6, 6.07) is 3.38. The summed E-state index contributed by atoms with van der Waals surface area (Å²) in [5.74, 6) is 0.727. The van der Waals surface area contributed by atoms with E-state index in [1.807, 2.05) is 0 Å². The topological polar surface area (TPSA) is 101 Å². The van der Waals surface area contributed by atoms with Gasteiger partial charge in [-0.05, 0) is 71.0 Å². The maximum absolute atomic E-state index is 12.1. The van der Waals surface area contributed by atoms with Gasteiger partial charge in [-0.2, -0.15) is 0 Å². The first-order valence-corrected chi connectivity index (χ1v) is 9.42. The van der Waals surface area contributed by atoms with E-state index in [4.69, 9.17) is 4.65 Å². The van der Waals surface area contributed by atoms with Crippen LogP contribution in [0.5, 0.6) is 0 Å². The standard InChI is InChI=1S/C19H27BN3O4/c1-18(2,26)19(3,4)27-20-13-9-14(22-16(24)11-5-6-11)21-15(10-13)23-17(25)12-7-8-12/h9-12,26H,5-8H2,1-4H3,(H2,21,22,23,24,25). The molecule has 0 aromatic carbocycles. The maximum atomic E-state index is 12.1. The normalized spacial score (nSPS) is 17.4. The SMILES string of the molecule is CC(C)(O)C(C)(C)O[B]c1cc(NC(=O)C2CC2)nc(NC(=O)C2CC2)c1. The Morgan fingerprint density at radius 1 is 1.04 bits per heavy atom. The van der Waals surface area contributed by atoms with Crippen LogP contribution < -0.4 is 16.1 Å². The molecule has 2 aliphatic rings. The van der Waals surface area contributed by atoms with Crippen molar-refractivity contribution in [2.75, 3.05) is 10.6 Å². The Labute approximate surface area is 160 Å². The van der Waals surface area contributed by atoms with Crippen LogP contribution >= 0.6 is 0 Å². The lowest BCUT2D eigenvalue weighted by Crippen LogP contribution is -2.49. The highest BCUT2D eigenvalue weighted by Gasteiger charge is 2.36. The van der Waals surface area contributed by atoms with Gasteiger partial charge in [-0.3, -0.25) is 9.59 Å². The molecule has 2 saturated carbocycles. The summed E-state index contributed by atoms with van der Waals surface area (Å²) in [6.07, 6.45) is 3.58. The van der Waals surface area contributed by atoms with Crippen molar-refractivity contribution in [3.05, 3.63) is 12.1 Å². The van der Waals surface area contributed by atoms with Crippen molar-refractivity contribution in [1.82, 2.24) is 4.98 Å². The minimum Gasteiger partial charge on any atom is -0.427 e. The van der Waals surface area contributed by atoms with Crippen LogP contribution in [0.2, 0.25) is 0 Å². The lowest BCUT2D eigenvalue weighted by atomic mass is 9.83. The summed E-state index contributed by atoms with van der Waals surface area (Å²) in [6.45, 7) is 6.93. The highest BCUT2D eigenvalue weighted by Crippen LogP contribution is 2.31. The smallest absolute Gasteiger partial charge is 0.331 e. The van der Waals surface area contributed by atoms with E-state index < -0.39 is 11.2 Å². The third kappa shape index (κ3) is 5.29. The molecule has 2 fully saturated rings. The molecule has 3 N–H and O–H groups in total. The van der Waals surface area contributed by atoms with Gasteiger partial charge in [-0.1, -0.05) is 0 Å². The van der Waals surface area contributed by atoms with Crippen LogP contribution in [0.1, 0.15) is 53.4 Å². The van der Waals surface area contributed by atoms with Gasteiger partial charge in [0.05, 0.1) is 11.2 Å². The number of hydrogen-bond donors (Lipinski definition) is 3. The minimum absolute atomic E-state index is 0.0503. The van der Waals surface area contributed by atoms with Crippen LogP contribution in [-0.4, -0.2) is 40.6 Å². The van der Waals surface area contributed by atoms with Crippen molar-refractivity contribution in [1.29, 1.82) is 0 Å². The highest BCUT2D eigenvalue weighted by atomic mass is 16.5. The van der Waals surface area contributed by atoms with Gasteiger partial charge >= 0.3 is 7.48 Å². The van der Waals surface area contributed by atoms with E-state index in [2.05, 4.69) is 15.6 Å². The fourth-order valence-corrected chi connectivity index (χ4v) is 2.26. The number of pyridine rings is 1. The third-order valence-corrected chi connectivity index (χ3v) is 5.21. The molecule has 1 aromatic heterocycles. The Hall–Kier alpha value is -1.93. The molecule has 0 aliphatic heterocycles. The van der Waals surface area contributed by atoms with Gasteiger partial charge in [0.2, 0.25) is 11.8 Å². The Morgan fingerprint density at radius 3 is 1.85 bits per heavy atom. The van der Waals surface area contributed by atoms with Crippen LogP contribution in [0.3, 0.4) is 0 Å². The number of amides is 2. The van der Waals surface area contributed by atoms with Crippen molar-refractivity contribution >= 4 is 36.4 Å². The fraction of sp³-hybridized carbons (Fsp3) is 0.632. The second-order valence-corrected chi connectivity index (χ2v) is 8.50. The molecule has 8 heteroatoms. The van der Waals surface area contributed by atoms with Gasteiger partial charge in [-0.15, -0.1) is 0 Å². The van der Waals surface area contributed by atoms with E-state index in [9.17, 15) is 14.7 Å². The lowest BCUT2D eigenvalue weighted by Gasteiger charge is -2.37. The second kappa shape index (κ2) is 7.24. The molecule has 27 heavy (non-hydrogen) atoms. The Morgan fingerprint density at radius 2 is 1.48 bits per heavy atom. The van der Waals surface area contributed by atoms with E-state index in [-0.39, 0.29) is 23.7 Å². The largest absolute Gasteiger partial charge is 0.427 e. The summed E-state index contributed by atoms with van der Waals surface area (Å²) in [5.41, 5.74) is -1.24. The number of nitrogens with zero attached hydrogens (tertiary/aromatic N) is 1. The average molecular weight is 372 g/mol. The first kappa shape index (κ1) is 19.8. The van der Waals surface area contributed by atoms with Gasteiger partial charge in [-0.25, -0.2) is 4.98 Å². The van der Waals surface area contributed by atoms with Crippen molar-refractivity contribution in [2.24, 2.45) is 11.8 Å². The Balaban J connectivity index is 1.75. The first-order valence-electron chi connectivity index (χ1n) is 9.42. The number of rotatable bonds is 8. The summed E-state index contributed by atoms with van der Waals surface area (Å²) in [7, 11) is 1.51. The van der Waals surface area contributed by atoms with E-state index in [1.165, 1.54) is 7.48 Å². The summed E-state index contributed by atoms with van der Waals surface area (Å²) >= 11 is 0. The van der Waals surface area contributed by atoms with E-state index in [0.717, 1.165) is 25.7 Å². The molecule has 7 nitrogen and oxygen atoms in total. The number of aromatic nitrogens is 1. The molecule has 2 aliphatic carbocycles. The third-order valence-electron chi connectivity index (χ3n) is 5.21. The molecule has 0 bridgehead atoms. The van der Waals surface area contributed by atoms with E-state index in [0.29, 0.717) is 17.1 Å². The quantitative estimate of drug-likeness (QED) is 0.602. The molecule has 2 amide bonds. The van der Waals surface area contributed by atoms with Crippen LogP contribution in [-0.2, 0) is 14.2 Å². The average Bonchev–Trinajstić information content (AvgIpc) is 3.45. The van der Waals surface area contributed by atoms with Gasteiger partial charge < -0.3 is 20.4 Å². The maximum Gasteiger partial charge on any atom is 0.331 e. The van der Waals surface area contributed by atoms with E-state index in [1.54, 1.807) is 39.8 Å².